The van der Waals surface area contributed by atoms with Crippen LogP contribution in [0.5, 0.6) is 0 Å². The fourth-order valence-electron chi connectivity index (χ4n) is 0.470. The molecule has 9 heavy (non-hydrogen) atoms. The quantitative estimate of drug-likeness (QED) is 0.437. The Morgan fingerprint density at radius 2 is 1.67 bits per heavy atom. The fraction of sp³-hybridized carbons (Fsp3) is 0.143. The summed E-state index contributed by atoms with van der Waals surface area (Å²) in [6, 6.07) is 10.8. The first-order valence-electron chi connectivity index (χ1n) is 2.32. The predicted molar refractivity (Wildman–Crippen MR) is 37.3 cm³/mol. The van der Waals surface area contributed by atoms with Crippen LogP contribution in [0.4, 0.5) is 0 Å². The van der Waals surface area contributed by atoms with E-state index in [2.05, 4.69) is 13.0 Å². The molecule has 0 aromatic heterocycles. The Bertz CT molecular complexity index is 139. The summed E-state index contributed by atoms with van der Waals surface area (Å²) in [5, 5.41) is 0. The van der Waals surface area contributed by atoms with Gasteiger partial charge in [-0.15, -0.1) is 12.4 Å². The molecule has 0 nitrogen and oxygen atoms in total. The van der Waals surface area contributed by atoms with Crippen molar-refractivity contribution in [2.75, 3.05) is 0 Å². The molecule has 2 heteroatoms. The van der Waals surface area contributed by atoms with Gasteiger partial charge < -0.3 is 0 Å². The van der Waals surface area contributed by atoms with Crippen LogP contribution in [0.3, 0.4) is 0 Å². The zero-order valence-electron chi connectivity index (χ0n) is 5.42. The molecule has 1 rings (SSSR count). The van der Waals surface area contributed by atoms with Crippen LogP contribution in [0.25, 0.3) is 0 Å². The van der Waals surface area contributed by atoms with E-state index >= 15 is 0 Å². The molecule has 1 aromatic rings. The van der Waals surface area contributed by atoms with E-state index in [1.54, 1.807) is 0 Å². The second-order valence-corrected chi connectivity index (χ2v) is 1.58. The first-order valence-corrected chi connectivity index (χ1v) is 2.32. The number of halogens is 1. The molecule has 0 aliphatic carbocycles. The third-order valence-corrected chi connectivity index (χ3v) is 0.885. The summed E-state index contributed by atoms with van der Waals surface area (Å²) in [6.45, 7) is 2.06. The van der Waals surface area contributed by atoms with Crippen molar-refractivity contribution in [1.29, 1.82) is 0 Å². The number of rotatable bonds is 0. The maximum absolute atomic E-state index is 2.93. The molecule has 1 aromatic carbocycles. The summed E-state index contributed by atoms with van der Waals surface area (Å²) >= 11 is 0. The van der Waals surface area contributed by atoms with Gasteiger partial charge in [0.25, 0.3) is 0 Å². The van der Waals surface area contributed by atoms with E-state index < -0.39 is 0 Å². The first kappa shape index (κ1) is 11.9. The smallest absolute Gasteiger partial charge is 0 e. The number of hydrogen-bond acceptors (Lipinski definition) is 0. The first-order chi connectivity index (χ1) is 3.39. The average molecular weight is 193 g/mol. The molecule has 0 aliphatic rings. The maximum atomic E-state index is 2.93. The fourth-order valence-corrected chi connectivity index (χ4v) is 0.470. The van der Waals surface area contributed by atoms with Crippen molar-refractivity contribution >= 4 is 12.4 Å². The van der Waals surface area contributed by atoms with Crippen LogP contribution in [-0.2, 0) is 19.5 Å². The van der Waals surface area contributed by atoms with Gasteiger partial charge in [0.1, 0.15) is 0 Å². The van der Waals surface area contributed by atoms with E-state index in [-0.39, 0.29) is 31.9 Å². The van der Waals surface area contributed by atoms with Gasteiger partial charge in [-0.25, -0.2) is 0 Å². The minimum atomic E-state index is 0. The van der Waals surface area contributed by atoms with Gasteiger partial charge in [-0.3, -0.25) is 0 Å². The molecule has 0 unspecified atom stereocenters. The average Bonchev–Trinajstić information content (AvgIpc) is 1.69. The third kappa shape index (κ3) is 4.63. The summed E-state index contributed by atoms with van der Waals surface area (Å²) in [7, 11) is 0. The van der Waals surface area contributed by atoms with Crippen molar-refractivity contribution in [3.63, 3.8) is 0 Å². The number of aryl methyl sites for hydroxylation is 1. The second kappa shape index (κ2) is 6.26. The van der Waals surface area contributed by atoms with Crippen LogP contribution in [0.1, 0.15) is 5.56 Å². The van der Waals surface area contributed by atoms with Gasteiger partial charge in [-0.1, -0.05) is 6.92 Å². The molecule has 0 bridgehead atoms. The van der Waals surface area contributed by atoms with Gasteiger partial charge in [0.05, 0.1) is 0 Å². The molecule has 0 radical (unpaired) electrons. The summed E-state index contributed by atoms with van der Waals surface area (Å²) in [5.74, 6) is 0. The van der Waals surface area contributed by atoms with Crippen molar-refractivity contribution in [2.45, 2.75) is 6.92 Å². The Hall–Kier alpha value is 0.133. The summed E-state index contributed by atoms with van der Waals surface area (Å²) in [5.41, 5.74) is 1.29. The zero-order chi connectivity index (χ0) is 5.11. The molecule has 0 saturated heterocycles. The van der Waals surface area contributed by atoms with E-state index in [1.807, 2.05) is 24.3 Å². The van der Waals surface area contributed by atoms with Crippen LogP contribution < -0.4 is 0 Å². The van der Waals surface area contributed by atoms with Gasteiger partial charge in [0.2, 0.25) is 0 Å². The van der Waals surface area contributed by atoms with Crippen LogP contribution in [0, 0.1) is 13.0 Å². The summed E-state index contributed by atoms with van der Waals surface area (Å²) in [6.07, 6.45) is 0. The van der Waals surface area contributed by atoms with E-state index in [1.165, 1.54) is 5.56 Å². The molecule has 0 N–H and O–H groups in total. The second-order valence-electron chi connectivity index (χ2n) is 1.58. The van der Waals surface area contributed by atoms with E-state index in [0.29, 0.717) is 0 Å². The Labute approximate surface area is 74.8 Å². The van der Waals surface area contributed by atoms with Crippen molar-refractivity contribution < 1.29 is 19.5 Å². The van der Waals surface area contributed by atoms with Crippen molar-refractivity contribution in [3.8, 4) is 0 Å². The molecule has 0 atom stereocenters. The molecule has 0 saturated carbocycles. The van der Waals surface area contributed by atoms with Crippen LogP contribution in [0.15, 0.2) is 24.3 Å². The maximum Gasteiger partial charge on any atom is 0 e. The molecule has 46 valence electrons. The van der Waals surface area contributed by atoms with Crippen molar-refractivity contribution in [2.24, 2.45) is 0 Å². The van der Waals surface area contributed by atoms with Gasteiger partial charge >= 0.3 is 0 Å². The molecule has 0 heterocycles. The third-order valence-electron chi connectivity index (χ3n) is 0.885. The van der Waals surface area contributed by atoms with E-state index in [0.717, 1.165) is 0 Å². The standard InChI is InChI=1S/C7H7.ClH.Zn/c1-7-5-3-2-4-6-7;;/h3-6H,1H3;1H;/q-1;;. The summed E-state index contributed by atoms with van der Waals surface area (Å²) < 4.78 is 0. The normalized spacial score (nSPS) is 6.78. The number of benzene rings is 1. The van der Waals surface area contributed by atoms with E-state index in [4.69, 9.17) is 0 Å². The van der Waals surface area contributed by atoms with Crippen molar-refractivity contribution in [3.05, 3.63) is 35.9 Å². The summed E-state index contributed by atoms with van der Waals surface area (Å²) in [4.78, 5) is 0. The zero-order valence-corrected chi connectivity index (χ0v) is 9.21. The largest absolute Gasteiger partial charge is 0.184 e. The molecular weight excluding hydrogens is 185 g/mol. The Kier molecular flexibility index (Phi) is 8.25. The van der Waals surface area contributed by atoms with Crippen LogP contribution in [0.2, 0.25) is 0 Å². The molecular formula is C7H8ClZn-. The van der Waals surface area contributed by atoms with Crippen LogP contribution >= 0.6 is 12.4 Å². The molecule has 0 amide bonds. The molecule has 0 spiro atoms. The van der Waals surface area contributed by atoms with Gasteiger partial charge in [-0.05, 0) is 0 Å². The predicted octanol–water partition coefficient (Wildman–Crippen LogP) is 2.21. The number of hydrogen-bond donors (Lipinski definition) is 0. The Morgan fingerprint density at radius 1 is 1.22 bits per heavy atom. The Morgan fingerprint density at radius 3 is 1.89 bits per heavy atom. The van der Waals surface area contributed by atoms with Crippen LogP contribution in [-0.4, -0.2) is 0 Å². The van der Waals surface area contributed by atoms with E-state index in [9.17, 15) is 0 Å². The monoisotopic (exact) mass is 191 g/mol. The molecule has 0 aliphatic heterocycles. The van der Waals surface area contributed by atoms with Gasteiger partial charge in [0, 0.05) is 19.5 Å². The topological polar surface area (TPSA) is 0 Å². The Balaban J connectivity index is 0. The molecule has 0 fully saturated rings. The van der Waals surface area contributed by atoms with Crippen molar-refractivity contribution in [1.82, 2.24) is 0 Å². The van der Waals surface area contributed by atoms with Gasteiger partial charge in [0.15, 0.2) is 0 Å². The van der Waals surface area contributed by atoms with Gasteiger partial charge in [-0.2, -0.15) is 35.9 Å². The minimum Gasteiger partial charge on any atom is -0.184 e. The SMILES string of the molecule is Cc1cc[c-]cc1.Cl.[Zn]. The minimum absolute atomic E-state index is 0.